The van der Waals surface area contributed by atoms with Gasteiger partial charge in [-0.05, 0) is 30.7 Å². The van der Waals surface area contributed by atoms with Crippen molar-refractivity contribution in [3.63, 3.8) is 0 Å². The van der Waals surface area contributed by atoms with Crippen molar-refractivity contribution in [1.82, 2.24) is 15.1 Å². The van der Waals surface area contributed by atoms with Crippen molar-refractivity contribution < 1.29 is 14.7 Å². The Kier molecular flexibility index (Phi) is 3.93. The van der Waals surface area contributed by atoms with Crippen LogP contribution in [0, 0.1) is 6.92 Å². The molecule has 0 saturated carbocycles. The summed E-state index contributed by atoms with van der Waals surface area (Å²) in [4.78, 5) is 23.5. The van der Waals surface area contributed by atoms with E-state index in [-0.39, 0.29) is 0 Å². The van der Waals surface area contributed by atoms with Gasteiger partial charge in [0.25, 0.3) is 5.91 Å². The fourth-order valence-corrected chi connectivity index (χ4v) is 1.91. The van der Waals surface area contributed by atoms with Crippen molar-refractivity contribution in [3.8, 4) is 0 Å². The first-order valence-electron chi connectivity index (χ1n) is 6.27. The number of aryl methyl sites for hydroxylation is 2. The lowest BCUT2D eigenvalue weighted by atomic mass is 10.1. The normalized spacial score (nSPS) is 11.9. The first-order chi connectivity index (χ1) is 9.88. The van der Waals surface area contributed by atoms with Crippen LogP contribution in [0.25, 0.3) is 0 Å². The molecule has 21 heavy (non-hydrogen) atoms. The monoisotopic (exact) mass is 288 g/mol. The molecule has 4 N–H and O–H groups in total. The van der Waals surface area contributed by atoms with Gasteiger partial charge in [0.05, 0.1) is 6.20 Å². The maximum atomic E-state index is 12.2. The summed E-state index contributed by atoms with van der Waals surface area (Å²) in [5, 5.41) is 15.6. The highest BCUT2D eigenvalue weighted by atomic mass is 16.4. The van der Waals surface area contributed by atoms with Gasteiger partial charge in [-0.15, -0.1) is 0 Å². The largest absolute Gasteiger partial charge is 0.479 e. The molecule has 1 heterocycles. The highest BCUT2D eigenvalue weighted by Crippen LogP contribution is 2.16. The molecule has 0 aliphatic carbocycles. The van der Waals surface area contributed by atoms with E-state index in [0.29, 0.717) is 16.8 Å². The first kappa shape index (κ1) is 14.6. The number of hydrogen-bond acceptors (Lipinski definition) is 4. The minimum Gasteiger partial charge on any atom is -0.479 e. The van der Waals surface area contributed by atoms with Crippen LogP contribution < -0.4 is 11.1 Å². The number of nitrogen functional groups attached to an aromatic ring is 1. The average molecular weight is 288 g/mol. The zero-order chi connectivity index (χ0) is 15.6. The van der Waals surface area contributed by atoms with Crippen molar-refractivity contribution in [2.75, 3.05) is 5.73 Å². The van der Waals surface area contributed by atoms with Crippen LogP contribution in [0.1, 0.15) is 27.5 Å². The second-order valence-electron chi connectivity index (χ2n) is 4.76. The van der Waals surface area contributed by atoms with Gasteiger partial charge in [-0.2, -0.15) is 5.10 Å². The molecule has 1 amide bonds. The van der Waals surface area contributed by atoms with Gasteiger partial charge in [0.2, 0.25) is 0 Å². The SMILES string of the molecule is Cc1cc(C(=O)NC(C(=O)O)c2cnn(C)c2)ccc1N. The van der Waals surface area contributed by atoms with Gasteiger partial charge in [-0.1, -0.05) is 0 Å². The molecule has 0 spiro atoms. The van der Waals surface area contributed by atoms with Crippen LogP contribution >= 0.6 is 0 Å². The molecule has 0 fully saturated rings. The zero-order valence-corrected chi connectivity index (χ0v) is 11.7. The number of anilines is 1. The van der Waals surface area contributed by atoms with Gasteiger partial charge in [-0.3, -0.25) is 9.48 Å². The molecule has 1 aromatic heterocycles. The molecule has 110 valence electrons. The fourth-order valence-electron chi connectivity index (χ4n) is 1.91. The summed E-state index contributed by atoms with van der Waals surface area (Å²) < 4.78 is 1.48. The average Bonchev–Trinajstić information content (AvgIpc) is 2.84. The van der Waals surface area contributed by atoms with Crippen LogP contribution in [0.3, 0.4) is 0 Å². The Morgan fingerprint density at radius 2 is 2.14 bits per heavy atom. The van der Waals surface area contributed by atoms with Crippen LogP contribution in [-0.2, 0) is 11.8 Å². The number of carbonyl (C=O) groups is 2. The molecule has 7 heteroatoms. The van der Waals surface area contributed by atoms with Crippen molar-refractivity contribution in [3.05, 3.63) is 47.3 Å². The standard InChI is InChI=1S/C14H16N4O3/c1-8-5-9(3-4-11(8)15)13(19)17-12(14(20)21)10-6-16-18(2)7-10/h3-7,12H,15H2,1-2H3,(H,17,19)(H,20,21). The summed E-state index contributed by atoms with van der Waals surface area (Å²) in [6.07, 6.45) is 2.96. The van der Waals surface area contributed by atoms with E-state index < -0.39 is 17.9 Å². The number of nitrogens with one attached hydrogen (secondary N) is 1. The van der Waals surface area contributed by atoms with E-state index in [0.717, 1.165) is 5.56 Å². The highest BCUT2D eigenvalue weighted by molar-refractivity contribution is 5.97. The second kappa shape index (κ2) is 5.66. The summed E-state index contributed by atoms with van der Waals surface area (Å²) in [5.74, 6) is -1.63. The molecule has 0 bridgehead atoms. The van der Waals surface area contributed by atoms with Gasteiger partial charge < -0.3 is 16.2 Å². The van der Waals surface area contributed by atoms with Crippen LogP contribution in [0.5, 0.6) is 0 Å². The predicted octanol–water partition coefficient (Wildman–Crippen LogP) is 0.866. The molecule has 1 unspecified atom stereocenters. The second-order valence-corrected chi connectivity index (χ2v) is 4.76. The summed E-state index contributed by atoms with van der Waals surface area (Å²) in [7, 11) is 1.67. The van der Waals surface area contributed by atoms with Crippen LogP contribution in [-0.4, -0.2) is 26.8 Å². The van der Waals surface area contributed by atoms with E-state index in [9.17, 15) is 14.7 Å². The third kappa shape index (κ3) is 3.19. The van der Waals surface area contributed by atoms with Gasteiger partial charge >= 0.3 is 5.97 Å². The summed E-state index contributed by atoms with van der Waals surface area (Å²) in [6, 6.07) is 3.64. The van der Waals surface area contributed by atoms with Crippen molar-refractivity contribution >= 4 is 17.6 Å². The minimum atomic E-state index is -1.15. The highest BCUT2D eigenvalue weighted by Gasteiger charge is 2.24. The Morgan fingerprint density at radius 3 is 2.67 bits per heavy atom. The number of carboxylic acid groups (broad SMARTS) is 1. The molecule has 0 saturated heterocycles. The number of nitrogens with zero attached hydrogens (tertiary/aromatic N) is 2. The Morgan fingerprint density at radius 1 is 1.43 bits per heavy atom. The quantitative estimate of drug-likeness (QED) is 0.723. The molecule has 2 rings (SSSR count). The van der Waals surface area contributed by atoms with E-state index in [1.807, 2.05) is 0 Å². The van der Waals surface area contributed by atoms with Crippen LogP contribution in [0.15, 0.2) is 30.6 Å². The van der Waals surface area contributed by atoms with Crippen molar-refractivity contribution in [2.24, 2.45) is 7.05 Å². The molecule has 7 nitrogen and oxygen atoms in total. The first-order valence-corrected chi connectivity index (χ1v) is 6.27. The number of carboxylic acids is 1. The Hall–Kier alpha value is -2.83. The van der Waals surface area contributed by atoms with Crippen LogP contribution in [0.2, 0.25) is 0 Å². The number of aliphatic carboxylic acids is 1. The molecule has 1 aromatic carbocycles. The summed E-state index contributed by atoms with van der Waals surface area (Å²) in [6.45, 7) is 1.78. The third-order valence-electron chi connectivity index (χ3n) is 3.11. The third-order valence-corrected chi connectivity index (χ3v) is 3.11. The maximum Gasteiger partial charge on any atom is 0.331 e. The molecule has 0 radical (unpaired) electrons. The molecular formula is C14H16N4O3. The van der Waals surface area contributed by atoms with Gasteiger partial charge in [0, 0.05) is 30.1 Å². The Bertz CT molecular complexity index is 693. The van der Waals surface area contributed by atoms with Gasteiger partial charge in [0.15, 0.2) is 6.04 Å². The number of amides is 1. The number of nitrogens with two attached hydrogens (primary N) is 1. The zero-order valence-electron chi connectivity index (χ0n) is 11.7. The summed E-state index contributed by atoms with van der Waals surface area (Å²) >= 11 is 0. The van der Waals surface area contributed by atoms with E-state index >= 15 is 0 Å². The lowest BCUT2D eigenvalue weighted by Crippen LogP contribution is -2.33. The van der Waals surface area contributed by atoms with Crippen molar-refractivity contribution in [2.45, 2.75) is 13.0 Å². The molecule has 0 aliphatic rings. The molecule has 0 aliphatic heterocycles. The van der Waals surface area contributed by atoms with E-state index in [1.54, 1.807) is 38.4 Å². The van der Waals surface area contributed by atoms with Crippen LogP contribution in [0.4, 0.5) is 5.69 Å². The predicted molar refractivity (Wildman–Crippen MR) is 76.6 cm³/mol. The topological polar surface area (TPSA) is 110 Å². The summed E-state index contributed by atoms with van der Waals surface area (Å²) in [5.41, 5.74) is 7.80. The number of aromatic nitrogens is 2. The number of hydrogen-bond donors (Lipinski definition) is 3. The fraction of sp³-hybridized carbons (Fsp3) is 0.214. The Labute approximate surface area is 121 Å². The molecular weight excluding hydrogens is 272 g/mol. The number of rotatable bonds is 4. The van der Waals surface area contributed by atoms with Gasteiger partial charge in [0.1, 0.15) is 0 Å². The number of benzene rings is 1. The maximum absolute atomic E-state index is 12.2. The van der Waals surface area contributed by atoms with E-state index in [1.165, 1.54) is 10.9 Å². The smallest absolute Gasteiger partial charge is 0.331 e. The van der Waals surface area contributed by atoms with E-state index in [4.69, 9.17) is 5.73 Å². The lowest BCUT2D eigenvalue weighted by Gasteiger charge is -2.13. The van der Waals surface area contributed by atoms with E-state index in [2.05, 4.69) is 10.4 Å². The minimum absolute atomic E-state index is 0.358. The number of carbonyl (C=O) groups excluding carboxylic acids is 1. The molecule has 2 aromatic rings. The molecule has 1 atom stereocenters. The van der Waals surface area contributed by atoms with Gasteiger partial charge in [-0.25, -0.2) is 4.79 Å². The lowest BCUT2D eigenvalue weighted by molar-refractivity contribution is -0.139. The Balaban J connectivity index is 2.22. The van der Waals surface area contributed by atoms with Crippen molar-refractivity contribution in [1.29, 1.82) is 0 Å².